The van der Waals surface area contributed by atoms with E-state index in [1.165, 1.54) is 0 Å². The van der Waals surface area contributed by atoms with Crippen LogP contribution < -0.4 is 4.90 Å². The van der Waals surface area contributed by atoms with Crippen molar-refractivity contribution in [3.8, 4) is 0 Å². The largest absolute Gasteiger partial charge is 0.481 e. The topological polar surface area (TPSA) is 77.8 Å². The highest BCUT2D eigenvalue weighted by Gasteiger charge is 2.24. The molecule has 1 aliphatic rings. The molecule has 1 heterocycles. The first-order chi connectivity index (χ1) is 8.99. The third-order valence-corrected chi connectivity index (χ3v) is 3.43. The number of hydrogen-bond acceptors (Lipinski definition) is 3. The fourth-order valence-corrected chi connectivity index (χ4v) is 2.31. The molecule has 0 saturated carbocycles. The summed E-state index contributed by atoms with van der Waals surface area (Å²) in [6.07, 6.45) is 0.595. The van der Waals surface area contributed by atoms with Crippen molar-refractivity contribution < 1.29 is 19.8 Å². The number of nitrogens with zero attached hydrogens (tertiary/aromatic N) is 1. The maximum Gasteiger partial charge on any atom is 0.303 e. The maximum absolute atomic E-state index is 11.6. The van der Waals surface area contributed by atoms with Crippen molar-refractivity contribution in [3.63, 3.8) is 0 Å². The summed E-state index contributed by atoms with van der Waals surface area (Å²) in [5.74, 6) is -0.805. The Labute approximate surface area is 111 Å². The summed E-state index contributed by atoms with van der Waals surface area (Å²) in [6.45, 7) is 0. The number of aliphatic hydroxyl groups excluding tert-OH is 1. The lowest BCUT2D eigenvalue weighted by atomic mass is 10.0. The van der Waals surface area contributed by atoms with E-state index < -0.39 is 12.1 Å². The zero-order valence-corrected chi connectivity index (χ0v) is 10.8. The Kier molecular flexibility index (Phi) is 3.85. The number of aliphatic carboxylic acids is 1. The molecule has 1 unspecified atom stereocenters. The Morgan fingerprint density at radius 3 is 2.89 bits per heavy atom. The van der Waals surface area contributed by atoms with Gasteiger partial charge in [0.2, 0.25) is 5.91 Å². The maximum atomic E-state index is 11.6. The van der Waals surface area contributed by atoms with Crippen molar-refractivity contribution in [1.82, 2.24) is 0 Å². The molecule has 0 bridgehead atoms. The first kappa shape index (κ1) is 13.5. The van der Waals surface area contributed by atoms with E-state index in [0.717, 1.165) is 16.8 Å². The fourth-order valence-electron chi connectivity index (χ4n) is 2.31. The zero-order valence-electron chi connectivity index (χ0n) is 10.8. The van der Waals surface area contributed by atoms with E-state index in [0.29, 0.717) is 19.3 Å². The molecule has 5 nitrogen and oxygen atoms in total. The number of anilines is 1. The molecule has 2 rings (SSSR count). The van der Waals surface area contributed by atoms with Crippen molar-refractivity contribution >= 4 is 17.6 Å². The van der Waals surface area contributed by atoms with Crippen LogP contribution in [0.1, 0.15) is 36.5 Å². The molecule has 0 spiro atoms. The average Bonchev–Trinajstić information content (AvgIpc) is 2.64. The molecule has 0 fully saturated rings. The van der Waals surface area contributed by atoms with Crippen molar-refractivity contribution in [2.45, 2.75) is 31.8 Å². The van der Waals surface area contributed by atoms with E-state index in [1.807, 2.05) is 12.1 Å². The molecule has 0 aliphatic carbocycles. The Morgan fingerprint density at radius 1 is 1.47 bits per heavy atom. The summed E-state index contributed by atoms with van der Waals surface area (Å²) in [6, 6.07) is 5.46. The van der Waals surface area contributed by atoms with Crippen molar-refractivity contribution in [2.24, 2.45) is 0 Å². The van der Waals surface area contributed by atoms with Gasteiger partial charge in [0.05, 0.1) is 12.5 Å². The van der Waals surface area contributed by atoms with Gasteiger partial charge in [-0.15, -0.1) is 0 Å². The number of benzene rings is 1. The molecule has 1 amide bonds. The summed E-state index contributed by atoms with van der Waals surface area (Å²) in [5, 5.41) is 18.6. The lowest BCUT2D eigenvalue weighted by Crippen LogP contribution is -2.20. The first-order valence-corrected chi connectivity index (χ1v) is 6.28. The van der Waals surface area contributed by atoms with Crippen LogP contribution in [0.4, 0.5) is 5.69 Å². The standard InChI is InChI=1S/C14H17NO4/c1-15-11-6-5-9(7-10(11)8-13(15)17)12(16)3-2-4-14(18)19/h5-7,12,16H,2-4,8H2,1H3,(H,18,19). The Bertz CT molecular complexity index is 512. The summed E-state index contributed by atoms with van der Waals surface area (Å²) in [7, 11) is 1.73. The van der Waals surface area contributed by atoms with Gasteiger partial charge in [-0.25, -0.2) is 0 Å². The molecule has 1 aromatic carbocycles. The van der Waals surface area contributed by atoms with Crippen LogP contribution >= 0.6 is 0 Å². The molecule has 1 atom stereocenters. The van der Waals surface area contributed by atoms with Gasteiger partial charge in [0, 0.05) is 19.2 Å². The summed E-state index contributed by atoms with van der Waals surface area (Å²) < 4.78 is 0. The number of rotatable bonds is 5. The Hall–Kier alpha value is -1.88. The number of likely N-dealkylation sites (N-methyl/N-ethyl adjacent to an activating group) is 1. The Balaban J connectivity index is 2.04. The van der Waals surface area contributed by atoms with Crippen LogP contribution in [0.3, 0.4) is 0 Å². The third kappa shape index (κ3) is 2.93. The minimum absolute atomic E-state index is 0.0486. The van der Waals surface area contributed by atoms with Crippen LogP contribution in [0.2, 0.25) is 0 Å². The minimum Gasteiger partial charge on any atom is -0.481 e. The molecule has 0 aromatic heterocycles. The highest BCUT2D eigenvalue weighted by Crippen LogP contribution is 2.31. The Morgan fingerprint density at radius 2 is 2.21 bits per heavy atom. The van der Waals surface area contributed by atoms with Gasteiger partial charge in [0.15, 0.2) is 0 Å². The number of carboxylic acids is 1. The number of amides is 1. The molecular weight excluding hydrogens is 246 g/mol. The van der Waals surface area contributed by atoms with Crippen LogP contribution in [0.5, 0.6) is 0 Å². The van der Waals surface area contributed by atoms with Crippen molar-refractivity contribution in [1.29, 1.82) is 0 Å². The molecule has 2 N–H and O–H groups in total. The fraction of sp³-hybridized carbons (Fsp3) is 0.429. The molecule has 5 heteroatoms. The third-order valence-electron chi connectivity index (χ3n) is 3.43. The number of carbonyl (C=O) groups excluding carboxylic acids is 1. The van der Waals surface area contributed by atoms with Crippen LogP contribution in [0.15, 0.2) is 18.2 Å². The van der Waals surface area contributed by atoms with Crippen molar-refractivity contribution in [2.75, 3.05) is 11.9 Å². The second-order valence-electron chi connectivity index (χ2n) is 4.82. The highest BCUT2D eigenvalue weighted by atomic mass is 16.4. The quantitative estimate of drug-likeness (QED) is 0.843. The molecule has 19 heavy (non-hydrogen) atoms. The number of carbonyl (C=O) groups is 2. The lowest BCUT2D eigenvalue weighted by molar-refractivity contribution is -0.137. The highest BCUT2D eigenvalue weighted by molar-refractivity contribution is 6.00. The van der Waals surface area contributed by atoms with Gasteiger partial charge >= 0.3 is 5.97 Å². The van der Waals surface area contributed by atoms with E-state index >= 15 is 0 Å². The van der Waals surface area contributed by atoms with E-state index in [9.17, 15) is 14.7 Å². The number of hydrogen-bond donors (Lipinski definition) is 2. The van der Waals surface area contributed by atoms with E-state index in [4.69, 9.17) is 5.11 Å². The number of carboxylic acid groups (broad SMARTS) is 1. The van der Waals surface area contributed by atoms with Gasteiger partial charge in [-0.3, -0.25) is 9.59 Å². The second-order valence-corrected chi connectivity index (χ2v) is 4.82. The molecule has 0 saturated heterocycles. The van der Waals surface area contributed by atoms with Crippen LogP contribution in [0.25, 0.3) is 0 Å². The number of aliphatic hydroxyl groups is 1. The SMILES string of the molecule is CN1C(=O)Cc2cc(C(O)CCCC(=O)O)ccc21. The summed E-state index contributed by atoms with van der Waals surface area (Å²) in [4.78, 5) is 23.6. The predicted molar refractivity (Wildman–Crippen MR) is 70.0 cm³/mol. The molecule has 1 aliphatic heterocycles. The van der Waals surface area contributed by atoms with Gasteiger partial charge in [0.25, 0.3) is 0 Å². The first-order valence-electron chi connectivity index (χ1n) is 6.28. The van der Waals surface area contributed by atoms with Crippen LogP contribution in [-0.2, 0) is 16.0 Å². The van der Waals surface area contributed by atoms with Gasteiger partial charge < -0.3 is 15.1 Å². The monoisotopic (exact) mass is 263 g/mol. The minimum atomic E-state index is -0.853. The smallest absolute Gasteiger partial charge is 0.303 e. The summed E-state index contributed by atoms with van der Waals surface area (Å²) >= 11 is 0. The van der Waals surface area contributed by atoms with Crippen LogP contribution in [0, 0.1) is 0 Å². The van der Waals surface area contributed by atoms with Crippen molar-refractivity contribution in [3.05, 3.63) is 29.3 Å². The molecule has 102 valence electrons. The normalized spacial score (nSPS) is 15.5. The van der Waals surface area contributed by atoms with Gasteiger partial charge in [-0.2, -0.15) is 0 Å². The number of fused-ring (bicyclic) bond motifs is 1. The van der Waals surface area contributed by atoms with E-state index in [2.05, 4.69) is 0 Å². The second kappa shape index (κ2) is 5.40. The molecular formula is C14H17NO4. The van der Waals surface area contributed by atoms with Crippen LogP contribution in [-0.4, -0.2) is 29.1 Å². The molecule has 0 radical (unpaired) electrons. The van der Waals surface area contributed by atoms with E-state index in [1.54, 1.807) is 18.0 Å². The summed E-state index contributed by atoms with van der Waals surface area (Å²) in [5.41, 5.74) is 2.54. The van der Waals surface area contributed by atoms with Gasteiger partial charge in [-0.05, 0) is 30.0 Å². The lowest BCUT2D eigenvalue weighted by Gasteiger charge is -2.13. The zero-order chi connectivity index (χ0) is 14.0. The van der Waals surface area contributed by atoms with Gasteiger partial charge in [-0.1, -0.05) is 12.1 Å². The van der Waals surface area contributed by atoms with Gasteiger partial charge in [0.1, 0.15) is 0 Å². The average molecular weight is 263 g/mol. The predicted octanol–water partition coefficient (Wildman–Crippen LogP) is 1.49. The van der Waals surface area contributed by atoms with E-state index in [-0.39, 0.29) is 12.3 Å². The molecule has 1 aromatic rings.